The number of carboxylic acid groups (broad SMARTS) is 1. The van der Waals surface area contributed by atoms with Gasteiger partial charge in [-0.25, -0.2) is 4.79 Å². The van der Waals surface area contributed by atoms with Crippen molar-refractivity contribution in [2.75, 3.05) is 0 Å². The topological polar surface area (TPSA) is 37.3 Å². The number of hydrogen-bond acceptors (Lipinski definition) is 2. The molecule has 1 rings (SSSR count). The van der Waals surface area contributed by atoms with Gasteiger partial charge in [0.2, 0.25) is 0 Å². The first-order chi connectivity index (χ1) is 10.1. The highest BCUT2D eigenvalue weighted by molar-refractivity contribution is 8.01. The number of rotatable bonds is 3. The number of benzene rings is 1. The lowest BCUT2D eigenvalue weighted by molar-refractivity contribution is -0.345. The van der Waals surface area contributed by atoms with Crippen LogP contribution in [0.3, 0.4) is 0 Å². The Balaban J connectivity index is 3.55. The van der Waals surface area contributed by atoms with Gasteiger partial charge >= 0.3 is 29.2 Å². The zero-order valence-electron chi connectivity index (χ0n) is 10.5. The first kappa shape index (κ1) is 19.5. The van der Waals surface area contributed by atoms with Crippen LogP contribution in [0.15, 0.2) is 29.2 Å². The molecule has 23 heavy (non-hydrogen) atoms. The third kappa shape index (κ3) is 3.51. The van der Waals surface area contributed by atoms with Gasteiger partial charge in [0, 0.05) is 4.90 Å². The highest BCUT2D eigenvalue weighted by Crippen LogP contribution is 2.62. The van der Waals surface area contributed by atoms with Crippen LogP contribution in [0.2, 0.25) is 0 Å². The predicted octanol–water partition coefficient (Wildman–Crippen LogP) is 4.90. The molecule has 1 aromatic rings. The van der Waals surface area contributed by atoms with Crippen molar-refractivity contribution in [2.45, 2.75) is 28.2 Å². The first-order valence-electron chi connectivity index (χ1n) is 5.36. The molecule has 0 aliphatic carbocycles. The van der Waals surface area contributed by atoms with Crippen molar-refractivity contribution < 1.29 is 49.4 Å². The molecule has 0 radical (unpaired) electrons. The maximum absolute atomic E-state index is 12.7. The Hall–Kier alpha value is -1.59. The normalized spacial score (nSPS) is 14.0. The summed E-state index contributed by atoms with van der Waals surface area (Å²) >= 11 is -1.55. The number of halogens is 9. The Labute approximate surface area is 126 Å². The van der Waals surface area contributed by atoms with Gasteiger partial charge in [-0.3, -0.25) is 0 Å². The Bertz CT molecular complexity index is 552. The van der Waals surface area contributed by atoms with E-state index in [1.165, 1.54) is 0 Å². The second-order valence-corrected chi connectivity index (χ2v) is 5.40. The van der Waals surface area contributed by atoms with E-state index in [-0.39, 0.29) is 0 Å². The van der Waals surface area contributed by atoms with Crippen LogP contribution in [-0.4, -0.2) is 34.4 Å². The number of hydrogen-bond donors (Lipinski definition) is 1. The van der Waals surface area contributed by atoms with E-state index in [1.54, 1.807) is 0 Å². The van der Waals surface area contributed by atoms with E-state index in [2.05, 4.69) is 0 Å². The maximum atomic E-state index is 12.7. The van der Waals surface area contributed by atoms with Crippen LogP contribution >= 0.6 is 11.8 Å². The summed E-state index contributed by atoms with van der Waals surface area (Å²) in [4.78, 5) is 9.49. The molecule has 0 amide bonds. The van der Waals surface area contributed by atoms with Gasteiger partial charge in [0.1, 0.15) is 0 Å². The molecule has 0 aromatic heterocycles. The summed E-state index contributed by atoms with van der Waals surface area (Å²) < 4.78 is 109. The molecule has 0 aliphatic heterocycles. The van der Waals surface area contributed by atoms with Crippen LogP contribution in [0.25, 0.3) is 0 Å². The molecule has 12 heteroatoms. The molecule has 0 unspecified atom stereocenters. The second-order valence-electron chi connectivity index (χ2n) is 4.11. The summed E-state index contributed by atoms with van der Waals surface area (Å²) in [6.07, 6.45) is -20.1. The van der Waals surface area contributed by atoms with Crippen LogP contribution in [0.1, 0.15) is 10.4 Å². The van der Waals surface area contributed by atoms with Gasteiger partial charge in [-0.15, -0.1) is 0 Å². The Kier molecular flexibility index (Phi) is 4.91. The summed E-state index contributed by atoms with van der Waals surface area (Å²) in [6, 6.07) is 2.36. The van der Waals surface area contributed by atoms with E-state index in [0.29, 0.717) is 12.1 Å². The van der Waals surface area contributed by atoms with E-state index in [9.17, 15) is 44.3 Å². The van der Waals surface area contributed by atoms with E-state index in [4.69, 9.17) is 5.11 Å². The van der Waals surface area contributed by atoms with Crippen molar-refractivity contribution in [1.29, 1.82) is 0 Å². The fourth-order valence-corrected chi connectivity index (χ4v) is 2.56. The van der Waals surface area contributed by atoms with E-state index in [0.717, 1.165) is 12.1 Å². The van der Waals surface area contributed by atoms with Gasteiger partial charge in [0.25, 0.3) is 0 Å². The molecule has 0 aliphatic rings. The summed E-state index contributed by atoms with van der Waals surface area (Å²) in [7, 11) is 0. The molecule has 130 valence electrons. The van der Waals surface area contributed by atoms with Gasteiger partial charge in [0.15, 0.2) is 0 Å². The number of carbonyl (C=O) groups is 1. The van der Waals surface area contributed by atoms with Gasteiger partial charge in [-0.05, 0) is 18.2 Å². The zero-order chi connectivity index (χ0) is 18.3. The lowest BCUT2D eigenvalue weighted by atomic mass is 10.1. The van der Waals surface area contributed by atoms with Crippen molar-refractivity contribution in [3.63, 3.8) is 0 Å². The first-order valence-corrected chi connectivity index (χ1v) is 6.17. The molecule has 0 atom stereocenters. The molecular weight excluding hydrogens is 367 g/mol. The van der Waals surface area contributed by atoms with E-state index >= 15 is 0 Å². The molecule has 0 saturated carbocycles. The third-order valence-corrected chi connectivity index (χ3v) is 4.04. The third-order valence-electron chi connectivity index (χ3n) is 2.55. The SMILES string of the molecule is O=C(O)c1cccc(SC(C(F)(F)F)(C(F)(F)F)C(F)(F)F)c1. The molecule has 0 bridgehead atoms. The van der Waals surface area contributed by atoms with Gasteiger partial charge in [-0.2, -0.15) is 39.5 Å². The standard InChI is InChI=1S/C11H5F9O2S/c12-9(13,14)8(10(15,16)17,11(18,19)20)23-6-3-1-2-5(4-6)7(21)22/h1-4H,(H,21,22). The van der Waals surface area contributed by atoms with E-state index in [1.807, 2.05) is 0 Å². The van der Waals surface area contributed by atoms with Crippen LogP contribution in [-0.2, 0) is 0 Å². The number of alkyl halides is 9. The fourth-order valence-electron chi connectivity index (χ4n) is 1.53. The molecule has 1 aromatic carbocycles. The molecule has 0 heterocycles. The Morgan fingerprint density at radius 2 is 1.30 bits per heavy atom. The van der Waals surface area contributed by atoms with E-state index < -0.39 is 51.5 Å². The zero-order valence-corrected chi connectivity index (χ0v) is 11.3. The minimum atomic E-state index is -6.71. The lowest BCUT2D eigenvalue weighted by Crippen LogP contribution is -2.63. The number of aromatic carboxylic acids is 1. The lowest BCUT2D eigenvalue weighted by Gasteiger charge is -2.37. The molecule has 2 nitrogen and oxygen atoms in total. The average Bonchev–Trinajstić information content (AvgIpc) is 2.31. The van der Waals surface area contributed by atoms with Crippen molar-refractivity contribution in [1.82, 2.24) is 0 Å². The van der Waals surface area contributed by atoms with Crippen molar-refractivity contribution in [3.05, 3.63) is 29.8 Å². The van der Waals surface area contributed by atoms with Crippen LogP contribution in [0, 0.1) is 0 Å². The average molecular weight is 372 g/mol. The maximum Gasteiger partial charge on any atom is 0.421 e. The summed E-state index contributed by atoms with van der Waals surface area (Å²) in [5.74, 6) is -1.72. The highest BCUT2D eigenvalue weighted by atomic mass is 32.2. The van der Waals surface area contributed by atoms with Crippen molar-refractivity contribution in [3.8, 4) is 0 Å². The second kappa shape index (κ2) is 5.80. The number of carboxylic acids is 1. The Morgan fingerprint density at radius 3 is 1.65 bits per heavy atom. The van der Waals surface area contributed by atoms with Gasteiger partial charge in [-0.1, -0.05) is 17.8 Å². The number of thioether (sulfide) groups is 1. The molecule has 1 N–H and O–H groups in total. The van der Waals surface area contributed by atoms with Crippen molar-refractivity contribution >= 4 is 17.7 Å². The van der Waals surface area contributed by atoms with Crippen molar-refractivity contribution in [2.24, 2.45) is 0 Å². The molecule has 0 saturated heterocycles. The minimum Gasteiger partial charge on any atom is -0.478 e. The minimum absolute atomic E-state index is 0.297. The van der Waals surface area contributed by atoms with Crippen LogP contribution in [0.5, 0.6) is 0 Å². The highest BCUT2D eigenvalue weighted by Gasteiger charge is 2.84. The summed E-state index contributed by atoms with van der Waals surface area (Å²) in [6.45, 7) is 0. The fraction of sp³-hybridized carbons (Fsp3) is 0.364. The molecule has 0 fully saturated rings. The molecule has 0 spiro atoms. The summed E-state index contributed by atoms with van der Waals surface area (Å²) in [5.41, 5.74) is -0.754. The molecular formula is C11H5F9O2S. The van der Waals surface area contributed by atoms with Crippen LogP contribution < -0.4 is 0 Å². The summed E-state index contributed by atoms with van der Waals surface area (Å²) in [5, 5.41) is 8.61. The monoisotopic (exact) mass is 372 g/mol. The van der Waals surface area contributed by atoms with Gasteiger partial charge < -0.3 is 5.11 Å². The quantitative estimate of drug-likeness (QED) is 0.606. The van der Waals surface area contributed by atoms with Crippen LogP contribution in [0.4, 0.5) is 39.5 Å². The predicted molar refractivity (Wildman–Crippen MR) is 60.2 cm³/mol. The Morgan fingerprint density at radius 1 is 0.870 bits per heavy atom. The van der Waals surface area contributed by atoms with Gasteiger partial charge in [0.05, 0.1) is 5.56 Å². The smallest absolute Gasteiger partial charge is 0.421 e. The largest absolute Gasteiger partial charge is 0.478 e.